The fourth-order valence-electron chi connectivity index (χ4n) is 2.62. The van der Waals surface area contributed by atoms with Crippen molar-refractivity contribution in [2.45, 2.75) is 19.9 Å². The molecular weight excluding hydrogens is 308 g/mol. The summed E-state index contributed by atoms with van der Waals surface area (Å²) in [5.41, 5.74) is 1.56. The molecule has 7 heteroatoms. The maximum absolute atomic E-state index is 12.0. The predicted octanol–water partition coefficient (Wildman–Crippen LogP) is 0.685. The Morgan fingerprint density at radius 3 is 2.88 bits per heavy atom. The summed E-state index contributed by atoms with van der Waals surface area (Å²) in [7, 11) is 0. The molecule has 1 amide bonds. The number of para-hydroxylation sites is 1. The van der Waals surface area contributed by atoms with Gasteiger partial charge in [0, 0.05) is 35.4 Å². The van der Waals surface area contributed by atoms with E-state index in [1.165, 1.54) is 10.8 Å². The van der Waals surface area contributed by atoms with Crippen LogP contribution in [0.3, 0.4) is 0 Å². The van der Waals surface area contributed by atoms with Gasteiger partial charge >= 0.3 is 5.69 Å². The van der Waals surface area contributed by atoms with Crippen LogP contribution in [-0.2, 0) is 17.8 Å². The number of nitrogens with one attached hydrogen (secondary N) is 3. The van der Waals surface area contributed by atoms with Crippen molar-refractivity contribution in [1.29, 1.82) is 0 Å². The standard InChI is InChI=1S/C17H18N4O3/c1-11-9-21(17(24)20-16(11)23)10-15(22)18-7-6-12-8-19-14-5-3-2-4-13(12)14/h2-5,8-9,19H,6-7,10H2,1H3,(H,18,22)(H,20,23,24). The van der Waals surface area contributed by atoms with E-state index in [0.717, 1.165) is 16.5 Å². The molecule has 0 unspecified atom stereocenters. The van der Waals surface area contributed by atoms with Crippen LogP contribution in [0.4, 0.5) is 0 Å². The SMILES string of the molecule is Cc1cn(CC(=O)NCCc2c[nH]c3ccccc23)c(=O)[nH]c1=O. The lowest BCUT2D eigenvalue weighted by Crippen LogP contribution is -2.37. The van der Waals surface area contributed by atoms with Gasteiger partial charge in [-0.15, -0.1) is 0 Å². The first-order valence-corrected chi connectivity index (χ1v) is 7.66. The van der Waals surface area contributed by atoms with Gasteiger partial charge in [0.1, 0.15) is 6.54 Å². The number of fused-ring (bicyclic) bond motifs is 1. The van der Waals surface area contributed by atoms with Crippen molar-refractivity contribution in [2.75, 3.05) is 6.54 Å². The smallest absolute Gasteiger partial charge is 0.328 e. The Bertz CT molecular complexity index is 997. The number of carbonyl (C=O) groups excluding carboxylic acids is 1. The maximum atomic E-state index is 12.0. The number of carbonyl (C=O) groups is 1. The van der Waals surface area contributed by atoms with Crippen LogP contribution in [0.25, 0.3) is 10.9 Å². The van der Waals surface area contributed by atoms with E-state index in [0.29, 0.717) is 18.5 Å². The summed E-state index contributed by atoms with van der Waals surface area (Å²) in [6.07, 6.45) is 4.02. The molecule has 2 heterocycles. The van der Waals surface area contributed by atoms with E-state index in [2.05, 4.69) is 15.3 Å². The van der Waals surface area contributed by atoms with E-state index in [-0.39, 0.29) is 12.5 Å². The molecule has 24 heavy (non-hydrogen) atoms. The lowest BCUT2D eigenvalue weighted by molar-refractivity contribution is -0.121. The average Bonchev–Trinajstić information content (AvgIpc) is 2.96. The van der Waals surface area contributed by atoms with Gasteiger partial charge in [0.05, 0.1) is 0 Å². The Balaban J connectivity index is 1.59. The molecule has 0 aliphatic carbocycles. The molecule has 0 saturated heterocycles. The predicted molar refractivity (Wildman–Crippen MR) is 91.1 cm³/mol. The molecule has 0 bridgehead atoms. The van der Waals surface area contributed by atoms with Gasteiger partial charge in [0.2, 0.25) is 5.91 Å². The van der Waals surface area contributed by atoms with Crippen LogP contribution in [-0.4, -0.2) is 27.0 Å². The second-order valence-electron chi connectivity index (χ2n) is 5.66. The third-order valence-electron chi connectivity index (χ3n) is 3.89. The molecule has 124 valence electrons. The first kappa shape index (κ1) is 15.8. The summed E-state index contributed by atoms with van der Waals surface area (Å²) in [5, 5.41) is 3.93. The van der Waals surface area contributed by atoms with Gasteiger partial charge in [-0.05, 0) is 25.0 Å². The van der Waals surface area contributed by atoms with Crippen molar-refractivity contribution in [3.05, 3.63) is 68.6 Å². The highest BCUT2D eigenvalue weighted by atomic mass is 16.2. The Hall–Kier alpha value is -3.09. The molecule has 1 aromatic carbocycles. The van der Waals surface area contributed by atoms with Gasteiger partial charge in [-0.3, -0.25) is 19.1 Å². The van der Waals surface area contributed by atoms with Gasteiger partial charge in [-0.1, -0.05) is 18.2 Å². The molecule has 2 aromatic heterocycles. The minimum Gasteiger partial charge on any atom is -0.361 e. The molecular formula is C17H18N4O3. The Kier molecular flexibility index (Phi) is 4.33. The van der Waals surface area contributed by atoms with Crippen LogP contribution in [0, 0.1) is 6.92 Å². The van der Waals surface area contributed by atoms with Gasteiger partial charge in [-0.25, -0.2) is 4.79 Å². The van der Waals surface area contributed by atoms with Crippen LogP contribution in [0.2, 0.25) is 0 Å². The number of hydrogen-bond acceptors (Lipinski definition) is 3. The second kappa shape index (κ2) is 6.57. The van der Waals surface area contributed by atoms with Crippen LogP contribution in [0.5, 0.6) is 0 Å². The van der Waals surface area contributed by atoms with Crippen molar-refractivity contribution < 1.29 is 4.79 Å². The number of amides is 1. The molecule has 0 atom stereocenters. The number of aromatic nitrogens is 3. The number of benzene rings is 1. The molecule has 0 aliphatic heterocycles. The number of aryl methyl sites for hydroxylation is 1. The third-order valence-corrected chi connectivity index (χ3v) is 3.89. The molecule has 3 N–H and O–H groups in total. The zero-order chi connectivity index (χ0) is 17.1. The molecule has 0 saturated carbocycles. The average molecular weight is 326 g/mol. The lowest BCUT2D eigenvalue weighted by Gasteiger charge is -2.07. The Morgan fingerprint density at radius 1 is 1.25 bits per heavy atom. The Morgan fingerprint density at radius 2 is 2.04 bits per heavy atom. The third kappa shape index (κ3) is 3.29. The topological polar surface area (TPSA) is 99.8 Å². The van der Waals surface area contributed by atoms with E-state index < -0.39 is 11.2 Å². The van der Waals surface area contributed by atoms with E-state index in [1.807, 2.05) is 30.5 Å². The monoisotopic (exact) mass is 326 g/mol. The summed E-state index contributed by atoms with van der Waals surface area (Å²) in [6.45, 7) is 1.94. The summed E-state index contributed by atoms with van der Waals surface area (Å²) >= 11 is 0. The zero-order valence-corrected chi connectivity index (χ0v) is 13.3. The summed E-state index contributed by atoms with van der Waals surface area (Å²) in [4.78, 5) is 40.3. The van der Waals surface area contributed by atoms with Gasteiger partial charge in [0.15, 0.2) is 0 Å². The van der Waals surface area contributed by atoms with Crippen molar-refractivity contribution in [3.63, 3.8) is 0 Å². The first-order chi connectivity index (χ1) is 11.5. The number of hydrogen-bond donors (Lipinski definition) is 3. The highest BCUT2D eigenvalue weighted by Crippen LogP contribution is 2.17. The number of aromatic amines is 2. The van der Waals surface area contributed by atoms with Crippen LogP contribution < -0.4 is 16.6 Å². The molecule has 3 rings (SSSR count). The largest absolute Gasteiger partial charge is 0.361 e. The van der Waals surface area contributed by atoms with E-state index in [4.69, 9.17) is 0 Å². The highest BCUT2D eigenvalue weighted by molar-refractivity contribution is 5.83. The normalized spacial score (nSPS) is 10.9. The molecule has 0 radical (unpaired) electrons. The lowest BCUT2D eigenvalue weighted by atomic mass is 10.1. The molecule has 0 fully saturated rings. The highest BCUT2D eigenvalue weighted by Gasteiger charge is 2.07. The molecule has 0 spiro atoms. The minimum atomic E-state index is -0.586. The van der Waals surface area contributed by atoms with Crippen LogP contribution in [0.1, 0.15) is 11.1 Å². The van der Waals surface area contributed by atoms with Crippen LogP contribution >= 0.6 is 0 Å². The summed E-state index contributed by atoms with van der Waals surface area (Å²) in [5.74, 6) is -0.275. The second-order valence-corrected chi connectivity index (χ2v) is 5.66. The number of nitrogens with zero attached hydrogens (tertiary/aromatic N) is 1. The van der Waals surface area contributed by atoms with Gasteiger partial charge in [-0.2, -0.15) is 0 Å². The summed E-state index contributed by atoms with van der Waals surface area (Å²) < 4.78 is 1.19. The fraction of sp³-hybridized carbons (Fsp3) is 0.235. The zero-order valence-electron chi connectivity index (χ0n) is 13.3. The van der Waals surface area contributed by atoms with Crippen molar-refractivity contribution in [1.82, 2.24) is 19.9 Å². The summed E-state index contributed by atoms with van der Waals surface area (Å²) in [6, 6.07) is 7.98. The van der Waals surface area contributed by atoms with E-state index >= 15 is 0 Å². The van der Waals surface area contributed by atoms with E-state index in [9.17, 15) is 14.4 Å². The number of H-pyrrole nitrogens is 2. The van der Waals surface area contributed by atoms with Crippen molar-refractivity contribution in [3.8, 4) is 0 Å². The molecule has 3 aromatic rings. The minimum absolute atomic E-state index is 0.121. The number of rotatable bonds is 5. The quantitative estimate of drug-likeness (QED) is 0.643. The van der Waals surface area contributed by atoms with Crippen LogP contribution in [0.15, 0.2) is 46.2 Å². The fourth-order valence-corrected chi connectivity index (χ4v) is 2.62. The van der Waals surface area contributed by atoms with Crippen molar-refractivity contribution >= 4 is 16.8 Å². The van der Waals surface area contributed by atoms with Gasteiger partial charge < -0.3 is 10.3 Å². The van der Waals surface area contributed by atoms with Gasteiger partial charge in [0.25, 0.3) is 5.56 Å². The van der Waals surface area contributed by atoms with Crippen molar-refractivity contribution in [2.24, 2.45) is 0 Å². The molecule has 0 aliphatic rings. The van der Waals surface area contributed by atoms with E-state index in [1.54, 1.807) is 6.92 Å². The molecule has 7 nitrogen and oxygen atoms in total. The first-order valence-electron chi connectivity index (χ1n) is 7.66. The maximum Gasteiger partial charge on any atom is 0.328 e. The Labute approximate surface area is 137 Å².